The van der Waals surface area contributed by atoms with Gasteiger partial charge in [0, 0.05) is 43.0 Å². The number of nitrogens with one attached hydrogen (secondary N) is 1. The lowest BCUT2D eigenvalue weighted by atomic mass is 10.2. The molecule has 0 atom stereocenters. The minimum Gasteiger partial charge on any atom is -0.347 e. The molecule has 1 N–H and O–H groups in total. The van der Waals surface area contributed by atoms with Gasteiger partial charge in [0.05, 0.1) is 0 Å². The molecule has 0 saturated carbocycles. The summed E-state index contributed by atoms with van der Waals surface area (Å²) in [6.07, 6.45) is 6.68. The van der Waals surface area contributed by atoms with Crippen LogP contribution in [0.25, 0.3) is 5.13 Å². The lowest BCUT2D eigenvalue weighted by Gasteiger charge is -2.11. The molecule has 136 valence electrons. The van der Waals surface area contributed by atoms with Gasteiger partial charge >= 0.3 is 0 Å². The van der Waals surface area contributed by atoms with E-state index in [9.17, 15) is 0 Å². The number of anilines is 1. The van der Waals surface area contributed by atoms with Crippen LogP contribution in [0.3, 0.4) is 0 Å². The summed E-state index contributed by atoms with van der Waals surface area (Å²) >= 11 is 3.44. The minimum absolute atomic E-state index is 0.801. The highest BCUT2D eigenvalue weighted by Gasteiger charge is 2.17. The van der Waals surface area contributed by atoms with Crippen LogP contribution in [0.2, 0.25) is 0 Å². The quantitative estimate of drug-likeness (QED) is 0.624. The zero-order valence-corrected chi connectivity index (χ0v) is 16.5. The second kappa shape index (κ2) is 8.24. The normalized spacial score (nSPS) is 14.3. The van der Waals surface area contributed by atoms with Gasteiger partial charge in [-0.1, -0.05) is 23.5 Å². The van der Waals surface area contributed by atoms with Gasteiger partial charge in [-0.25, -0.2) is 0 Å². The first-order chi connectivity index (χ1) is 12.8. The SMILES string of the molecule is CSc1ccc(CNCc2cccn2-c2nnc(N3CCCC3)s2)cc1. The van der Waals surface area contributed by atoms with E-state index >= 15 is 0 Å². The van der Waals surface area contributed by atoms with Crippen molar-refractivity contribution >= 4 is 28.2 Å². The van der Waals surface area contributed by atoms with Crippen LogP contribution >= 0.6 is 23.1 Å². The maximum absolute atomic E-state index is 4.41. The number of nitrogens with zero attached hydrogens (tertiary/aromatic N) is 4. The molecule has 1 aliphatic rings. The number of hydrogen-bond donors (Lipinski definition) is 1. The lowest BCUT2D eigenvalue weighted by Crippen LogP contribution is -2.17. The molecule has 2 aromatic heterocycles. The summed E-state index contributed by atoms with van der Waals surface area (Å²) in [5.74, 6) is 0. The van der Waals surface area contributed by atoms with Crippen molar-refractivity contribution in [2.75, 3.05) is 24.2 Å². The standard InChI is InChI=1S/C19H23N5S2/c1-25-17-8-6-15(7-9-17)13-20-14-16-5-4-12-24(16)19-22-21-18(26-19)23-10-2-3-11-23/h4-9,12,20H,2-3,10-11,13-14H2,1H3. The molecule has 1 aromatic carbocycles. The molecule has 0 spiro atoms. The van der Waals surface area contributed by atoms with Gasteiger partial charge in [-0.3, -0.25) is 4.57 Å². The summed E-state index contributed by atoms with van der Waals surface area (Å²) in [6.45, 7) is 3.86. The number of aromatic nitrogens is 3. The zero-order valence-electron chi connectivity index (χ0n) is 14.9. The molecule has 7 heteroatoms. The molecule has 3 aromatic rings. The molecular formula is C19H23N5S2. The summed E-state index contributed by atoms with van der Waals surface area (Å²) in [7, 11) is 0. The minimum atomic E-state index is 0.801. The number of hydrogen-bond acceptors (Lipinski definition) is 6. The summed E-state index contributed by atoms with van der Waals surface area (Å²) in [5.41, 5.74) is 2.50. The summed E-state index contributed by atoms with van der Waals surface area (Å²) < 4.78 is 2.14. The largest absolute Gasteiger partial charge is 0.347 e. The van der Waals surface area contributed by atoms with Crippen molar-refractivity contribution in [3.05, 3.63) is 53.9 Å². The van der Waals surface area contributed by atoms with Crippen molar-refractivity contribution in [3.63, 3.8) is 0 Å². The van der Waals surface area contributed by atoms with Crippen LogP contribution in [0.5, 0.6) is 0 Å². The van der Waals surface area contributed by atoms with E-state index in [-0.39, 0.29) is 0 Å². The van der Waals surface area contributed by atoms with Crippen molar-refractivity contribution in [2.24, 2.45) is 0 Å². The smallest absolute Gasteiger partial charge is 0.218 e. The molecule has 26 heavy (non-hydrogen) atoms. The van der Waals surface area contributed by atoms with Crippen molar-refractivity contribution in [2.45, 2.75) is 30.8 Å². The molecule has 0 aliphatic carbocycles. The van der Waals surface area contributed by atoms with E-state index in [0.717, 1.165) is 36.4 Å². The predicted octanol–water partition coefficient (Wildman–Crippen LogP) is 3.94. The van der Waals surface area contributed by atoms with Crippen LogP contribution in [0.1, 0.15) is 24.1 Å². The Balaban J connectivity index is 1.38. The molecular weight excluding hydrogens is 362 g/mol. The van der Waals surface area contributed by atoms with Crippen LogP contribution in [-0.2, 0) is 13.1 Å². The van der Waals surface area contributed by atoms with Gasteiger partial charge in [0.15, 0.2) is 0 Å². The van der Waals surface area contributed by atoms with Crippen molar-refractivity contribution in [1.29, 1.82) is 0 Å². The highest BCUT2D eigenvalue weighted by Crippen LogP contribution is 2.27. The Labute approximate surface area is 162 Å². The molecule has 0 unspecified atom stereocenters. The average Bonchev–Trinajstić information content (AvgIpc) is 3.42. The van der Waals surface area contributed by atoms with Gasteiger partial charge in [-0.15, -0.1) is 22.0 Å². The predicted molar refractivity (Wildman–Crippen MR) is 109 cm³/mol. The molecule has 0 amide bonds. The topological polar surface area (TPSA) is 46.0 Å². The Kier molecular flexibility index (Phi) is 5.57. The van der Waals surface area contributed by atoms with E-state index in [1.165, 1.54) is 29.0 Å². The maximum Gasteiger partial charge on any atom is 0.218 e. The third kappa shape index (κ3) is 3.95. The Hall–Kier alpha value is -1.83. The van der Waals surface area contributed by atoms with E-state index in [4.69, 9.17) is 0 Å². The van der Waals surface area contributed by atoms with E-state index in [2.05, 4.69) is 73.8 Å². The lowest BCUT2D eigenvalue weighted by molar-refractivity contribution is 0.668. The van der Waals surface area contributed by atoms with Crippen molar-refractivity contribution < 1.29 is 0 Å². The van der Waals surface area contributed by atoms with E-state index in [0.29, 0.717) is 0 Å². The Bertz CT molecular complexity index is 834. The monoisotopic (exact) mass is 385 g/mol. The highest BCUT2D eigenvalue weighted by molar-refractivity contribution is 7.98. The molecule has 1 aliphatic heterocycles. The van der Waals surface area contributed by atoms with Crippen molar-refractivity contribution in [1.82, 2.24) is 20.1 Å². The first-order valence-corrected chi connectivity index (χ1v) is 11.0. The fourth-order valence-electron chi connectivity index (χ4n) is 3.17. The van der Waals surface area contributed by atoms with E-state index in [1.807, 2.05) is 0 Å². The first kappa shape index (κ1) is 17.6. The van der Waals surface area contributed by atoms with Gasteiger partial charge in [0.25, 0.3) is 0 Å². The van der Waals surface area contributed by atoms with E-state index < -0.39 is 0 Å². The second-order valence-corrected chi connectivity index (χ2v) is 8.20. The zero-order chi connectivity index (χ0) is 17.8. The molecule has 4 rings (SSSR count). The van der Waals surface area contributed by atoms with Crippen molar-refractivity contribution in [3.8, 4) is 5.13 Å². The molecule has 1 saturated heterocycles. The number of thioether (sulfide) groups is 1. The van der Waals surface area contributed by atoms with Gasteiger partial charge in [-0.05, 0) is 48.9 Å². The van der Waals surface area contributed by atoms with Crippen LogP contribution in [0.4, 0.5) is 5.13 Å². The molecule has 3 heterocycles. The Morgan fingerprint density at radius 2 is 1.81 bits per heavy atom. The second-order valence-electron chi connectivity index (χ2n) is 6.38. The molecule has 1 fully saturated rings. The fourth-order valence-corrected chi connectivity index (χ4v) is 4.49. The Morgan fingerprint density at radius 1 is 1.04 bits per heavy atom. The summed E-state index contributed by atoms with van der Waals surface area (Å²) in [6, 6.07) is 12.9. The van der Waals surface area contributed by atoms with Crippen LogP contribution < -0.4 is 10.2 Å². The van der Waals surface area contributed by atoms with E-state index in [1.54, 1.807) is 23.1 Å². The van der Waals surface area contributed by atoms with Gasteiger partial charge in [0.2, 0.25) is 10.3 Å². The molecule has 0 radical (unpaired) electrons. The molecule has 5 nitrogen and oxygen atoms in total. The maximum atomic E-state index is 4.41. The summed E-state index contributed by atoms with van der Waals surface area (Å²) in [4.78, 5) is 3.63. The highest BCUT2D eigenvalue weighted by atomic mass is 32.2. The van der Waals surface area contributed by atoms with Crippen LogP contribution in [0.15, 0.2) is 47.5 Å². The third-order valence-electron chi connectivity index (χ3n) is 4.61. The fraction of sp³-hybridized carbons (Fsp3) is 0.368. The number of rotatable bonds is 7. The van der Waals surface area contributed by atoms with Gasteiger partial charge in [-0.2, -0.15) is 0 Å². The summed E-state index contributed by atoms with van der Waals surface area (Å²) in [5, 5.41) is 14.3. The Morgan fingerprint density at radius 3 is 2.58 bits per heavy atom. The van der Waals surface area contributed by atoms with Gasteiger partial charge < -0.3 is 10.2 Å². The third-order valence-corrected chi connectivity index (χ3v) is 6.34. The first-order valence-electron chi connectivity index (χ1n) is 8.92. The number of benzene rings is 1. The van der Waals surface area contributed by atoms with Gasteiger partial charge in [0.1, 0.15) is 0 Å². The molecule has 0 bridgehead atoms. The average molecular weight is 386 g/mol. The van der Waals surface area contributed by atoms with Crippen LogP contribution in [-0.4, -0.2) is 34.1 Å². The van der Waals surface area contributed by atoms with Crippen LogP contribution in [0, 0.1) is 0 Å².